The van der Waals surface area contributed by atoms with Gasteiger partial charge in [-0.1, -0.05) is 20.3 Å². The summed E-state index contributed by atoms with van der Waals surface area (Å²) in [5, 5.41) is 0. The lowest BCUT2D eigenvalue weighted by molar-refractivity contribution is 0.512. The number of hydrogen-bond donors (Lipinski definition) is 3. The van der Waals surface area contributed by atoms with Crippen LogP contribution in [-0.4, -0.2) is 19.4 Å². The molecule has 17 heavy (non-hydrogen) atoms. The Morgan fingerprint density at radius 2 is 2.18 bits per heavy atom. The van der Waals surface area contributed by atoms with E-state index in [0.717, 1.165) is 19.3 Å². The highest BCUT2D eigenvalue weighted by Crippen LogP contribution is 2.13. The summed E-state index contributed by atoms with van der Waals surface area (Å²) in [5.74, 6) is 0. The molecule has 0 aliphatic carbocycles. The number of sulfonamides is 1. The number of H-pyrrole nitrogens is 1. The van der Waals surface area contributed by atoms with Gasteiger partial charge in [0.05, 0.1) is 4.90 Å². The van der Waals surface area contributed by atoms with E-state index in [4.69, 9.17) is 5.73 Å². The third-order valence-corrected chi connectivity index (χ3v) is 4.20. The molecule has 0 saturated heterocycles. The van der Waals surface area contributed by atoms with Gasteiger partial charge in [0.2, 0.25) is 10.0 Å². The molecule has 6 heteroatoms. The van der Waals surface area contributed by atoms with Crippen molar-refractivity contribution in [3.8, 4) is 0 Å². The van der Waals surface area contributed by atoms with Gasteiger partial charge in [0, 0.05) is 24.5 Å². The highest BCUT2D eigenvalue weighted by atomic mass is 32.2. The Balaban J connectivity index is 2.80. The van der Waals surface area contributed by atoms with Crippen LogP contribution in [0.1, 0.15) is 38.8 Å². The maximum absolute atomic E-state index is 12.0. The maximum Gasteiger partial charge on any atom is 0.242 e. The van der Waals surface area contributed by atoms with E-state index in [0.29, 0.717) is 12.2 Å². The Labute approximate surface area is 103 Å². The normalized spacial score (nSPS) is 13.8. The van der Waals surface area contributed by atoms with Crippen LogP contribution < -0.4 is 10.5 Å². The van der Waals surface area contributed by atoms with Crippen molar-refractivity contribution in [2.24, 2.45) is 5.73 Å². The van der Waals surface area contributed by atoms with Crippen molar-refractivity contribution in [2.45, 2.75) is 50.6 Å². The van der Waals surface area contributed by atoms with Crippen LogP contribution in [0.2, 0.25) is 0 Å². The zero-order valence-corrected chi connectivity index (χ0v) is 11.2. The molecule has 0 amide bonds. The minimum atomic E-state index is -3.42. The van der Waals surface area contributed by atoms with Gasteiger partial charge in [-0.3, -0.25) is 0 Å². The van der Waals surface area contributed by atoms with E-state index >= 15 is 0 Å². The monoisotopic (exact) mass is 259 g/mol. The van der Waals surface area contributed by atoms with Crippen LogP contribution in [0.15, 0.2) is 17.2 Å². The fourth-order valence-electron chi connectivity index (χ4n) is 1.67. The second kappa shape index (κ2) is 6.18. The van der Waals surface area contributed by atoms with Crippen LogP contribution in [0.3, 0.4) is 0 Å². The van der Waals surface area contributed by atoms with Crippen molar-refractivity contribution in [3.05, 3.63) is 18.0 Å². The largest absolute Gasteiger partial charge is 0.363 e. The number of aromatic nitrogens is 1. The number of hydrogen-bond acceptors (Lipinski definition) is 3. The first-order valence-electron chi connectivity index (χ1n) is 5.93. The Kier molecular flexibility index (Phi) is 5.17. The molecule has 0 aromatic carbocycles. The smallest absolute Gasteiger partial charge is 0.242 e. The van der Waals surface area contributed by atoms with Crippen LogP contribution >= 0.6 is 0 Å². The minimum absolute atomic E-state index is 0.00114. The Morgan fingerprint density at radius 3 is 2.65 bits per heavy atom. The fraction of sp³-hybridized carbons (Fsp3) is 0.636. The zero-order chi connectivity index (χ0) is 12.9. The zero-order valence-electron chi connectivity index (χ0n) is 10.4. The lowest BCUT2D eigenvalue weighted by Gasteiger charge is -2.15. The van der Waals surface area contributed by atoms with Crippen LogP contribution in [0, 0.1) is 0 Å². The number of aromatic amines is 1. The summed E-state index contributed by atoms with van der Waals surface area (Å²) in [6.45, 7) is 4.33. The first-order chi connectivity index (χ1) is 8.03. The summed E-state index contributed by atoms with van der Waals surface area (Å²) in [6.07, 6.45) is 4.08. The molecule has 1 unspecified atom stereocenters. The van der Waals surface area contributed by atoms with Crippen molar-refractivity contribution < 1.29 is 8.42 Å². The standard InChI is InChI=1S/C11H21N3O2S/c1-3-5-9(4-2)14-17(15,16)11-6-10(7-12)13-8-11/h6,8-9,13-14H,3-5,7,12H2,1-2H3. The summed E-state index contributed by atoms with van der Waals surface area (Å²) >= 11 is 0. The van der Waals surface area contributed by atoms with E-state index in [1.165, 1.54) is 6.20 Å². The summed E-state index contributed by atoms with van der Waals surface area (Å²) in [6, 6.07) is 1.57. The van der Waals surface area contributed by atoms with Crippen molar-refractivity contribution in [3.63, 3.8) is 0 Å². The summed E-state index contributed by atoms with van der Waals surface area (Å²) in [4.78, 5) is 3.10. The molecule has 0 aliphatic heterocycles. The van der Waals surface area contributed by atoms with Gasteiger partial charge >= 0.3 is 0 Å². The molecule has 4 N–H and O–H groups in total. The van der Waals surface area contributed by atoms with Gasteiger partial charge in [0.1, 0.15) is 0 Å². The molecule has 98 valence electrons. The van der Waals surface area contributed by atoms with E-state index in [2.05, 4.69) is 9.71 Å². The molecule has 0 saturated carbocycles. The highest BCUT2D eigenvalue weighted by molar-refractivity contribution is 7.89. The van der Waals surface area contributed by atoms with Gasteiger partial charge in [-0.05, 0) is 18.9 Å². The first-order valence-corrected chi connectivity index (χ1v) is 7.41. The maximum atomic E-state index is 12.0. The van der Waals surface area contributed by atoms with E-state index in [9.17, 15) is 8.42 Å². The van der Waals surface area contributed by atoms with Gasteiger partial charge in [-0.15, -0.1) is 0 Å². The Bertz CT molecular complexity index is 439. The molecule has 0 fully saturated rings. The first kappa shape index (κ1) is 14.2. The van der Waals surface area contributed by atoms with Crippen molar-refractivity contribution in [1.82, 2.24) is 9.71 Å². The molecule has 0 aliphatic rings. The fourth-order valence-corrected chi connectivity index (χ4v) is 3.05. The highest BCUT2D eigenvalue weighted by Gasteiger charge is 2.19. The number of nitrogens with one attached hydrogen (secondary N) is 2. The van der Waals surface area contributed by atoms with Crippen LogP contribution in [0.25, 0.3) is 0 Å². The van der Waals surface area contributed by atoms with Crippen LogP contribution in [0.4, 0.5) is 0 Å². The van der Waals surface area contributed by atoms with Crippen molar-refractivity contribution in [2.75, 3.05) is 0 Å². The third kappa shape index (κ3) is 3.83. The molecule has 0 spiro atoms. The molecule has 1 aromatic rings. The lowest BCUT2D eigenvalue weighted by Crippen LogP contribution is -2.34. The molecule has 0 radical (unpaired) electrons. The molecule has 1 atom stereocenters. The quantitative estimate of drug-likeness (QED) is 0.690. The Morgan fingerprint density at radius 1 is 1.47 bits per heavy atom. The van der Waals surface area contributed by atoms with Gasteiger partial charge in [-0.25, -0.2) is 13.1 Å². The molecule has 1 heterocycles. The van der Waals surface area contributed by atoms with Crippen LogP contribution in [0.5, 0.6) is 0 Å². The SMILES string of the molecule is CCCC(CC)NS(=O)(=O)c1c[nH]c(CN)c1. The van der Waals surface area contributed by atoms with Gasteiger partial charge < -0.3 is 10.7 Å². The van der Waals surface area contributed by atoms with E-state index in [-0.39, 0.29) is 10.9 Å². The molecule has 5 nitrogen and oxygen atoms in total. The van der Waals surface area contributed by atoms with Crippen molar-refractivity contribution >= 4 is 10.0 Å². The summed E-state index contributed by atoms with van der Waals surface area (Å²) < 4.78 is 26.8. The molecule has 0 bridgehead atoms. The molecule has 1 rings (SSSR count). The average molecular weight is 259 g/mol. The van der Waals surface area contributed by atoms with Crippen molar-refractivity contribution in [1.29, 1.82) is 0 Å². The molecular formula is C11H21N3O2S. The van der Waals surface area contributed by atoms with E-state index in [1.54, 1.807) is 6.07 Å². The number of rotatable bonds is 7. The predicted molar refractivity (Wildman–Crippen MR) is 68.0 cm³/mol. The third-order valence-electron chi connectivity index (χ3n) is 2.70. The molecule has 1 aromatic heterocycles. The summed E-state index contributed by atoms with van der Waals surface area (Å²) in [7, 11) is -3.42. The van der Waals surface area contributed by atoms with Gasteiger partial charge in [0.15, 0.2) is 0 Å². The molecular weight excluding hydrogens is 238 g/mol. The van der Waals surface area contributed by atoms with E-state index < -0.39 is 10.0 Å². The van der Waals surface area contributed by atoms with E-state index in [1.807, 2.05) is 13.8 Å². The van der Waals surface area contributed by atoms with Gasteiger partial charge in [-0.2, -0.15) is 0 Å². The topological polar surface area (TPSA) is 88.0 Å². The second-order valence-corrected chi connectivity index (χ2v) is 5.79. The summed E-state index contributed by atoms with van der Waals surface area (Å²) in [5.41, 5.74) is 6.15. The number of nitrogens with two attached hydrogens (primary N) is 1. The second-order valence-electron chi connectivity index (χ2n) is 4.08. The predicted octanol–water partition coefficient (Wildman–Crippen LogP) is 1.33. The lowest BCUT2D eigenvalue weighted by atomic mass is 10.1. The Hall–Kier alpha value is -0.850. The minimum Gasteiger partial charge on any atom is -0.363 e. The van der Waals surface area contributed by atoms with Gasteiger partial charge in [0.25, 0.3) is 0 Å². The average Bonchev–Trinajstić information content (AvgIpc) is 2.77. The van der Waals surface area contributed by atoms with Crippen LogP contribution in [-0.2, 0) is 16.6 Å².